The number of aliphatic hydroxyl groups is 1. The molecule has 0 aliphatic heterocycles. The molecule has 0 fully saturated rings. The molecule has 9 heteroatoms. The third-order valence-corrected chi connectivity index (χ3v) is 3.68. The van der Waals surface area contributed by atoms with E-state index in [1.807, 2.05) is 9.30 Å². The average molecular weight is 318 g/mol. The second kappa shape index (κ2) is 6.71. The zero-order valence-corrected chi connectivity index (χ0v) is 12.5. The van der Waals surface area contributed by atoms with Crippen LogP contribution in [0.4, 0.5) is 0 Å². The topological polar surface area (TPSA) is 120 Å². The summed E-state index contributed by atoms with van der Waals surface area (Å²) in [5.74, 6) is -0.811. The maximum absolute atomic E-state index is 10.6. The molecule has 0 atom stereocenters. The fourth-order valence-corrected chi connectivity index (χ4v) is 2.58. The van der Waals surface area contributed by atoms with Crippen molar-refractivity contribution in [3.8, 4) is 0 Å². The molecule has 3 heterocycles. The Morgan fingerprint density at radius 3 is 2.96 bits per heavy atom. The Balaban J connectivity index is 1.79. The van der Waals surface area contributed by atoms with Crippen molar-refractivity contribution in [2.75, 3.05) is 19.7 Å². The lowest BCUT2D eigenvalue weighted by Crippen LogP contribution is -2.28. The third-order valence-electron chi connectivity index (χ3n) is 3.68. The summed E-state index contributed by atoms with van der Waals surface area (Å²) in [6.07, 6.45) is 5.67. The van der Waals surface area contributed by atoms with Crippen LogP contribution >= 0.6 is 0 Å². The number of H-pyrrole nitrogens is 1. The smallest absolute Gasteiger partial charge is 0.303 e. The van der Waals surface area contributed by atoms with Gasteiger partial charge in [-0.25, -0.2) is 15.0 Å². The SMILES string of the molecule is O=C(O)CCCN(CCO)Cc1cnc2c3[nH]cnc3ncn12. The molecule has 3 rings (SSSR count). The van der Waals surface area contributed by atoms with Gasteiger partial charge in [-0.15, -0.1) is 0 Å². The molecule has 0 bridgehead atoms. The highest BCUT2D eigenvalue weighted by molar-refractivity contribution is 5.84. The Hall–Kier alpha value is -2.52. The van der Waals surface area contributed by atoms with Crippen molar-refractivity contribution in [1.82, 2.24) is 29.2 Å². The van der Waals surface area contributed by atoms with Gasteiger partial charge in [-0.3, -0.25) is 14.1 Å². The predicted molar refractivity (Wildman–Crippen MR) is 81.9 cm³/mol. The molecule has 9 nitrogen and oxygen atoms in total. The van der Waals surface area contributed by atoms with Gasteiger partial charge in [-0.2, -0.15) is 0 Å². The summed E-state index contributed by atoms with van der Waals surface area (Å²) < 4.78 is 1.88. The number of hydrogen-bond donors (Lipinski definition) is 3. The molecule has 0 radical (unpaired) electrons. The van der Waals surface area contributed by atoms with E-state index in [0.717, 1.165) is 16.9 Å². The van der Waals surface area contributed by atoms with E-state index in [9.17, 15) is 9.90 Å². The second-order valence-electron chi connectivity index (χ2n) is 5.29. The normalized spacial score (nSPS) is 11.7. The van der Waals surface area contributed by atoms with E-state index in [-0.39, 0.29) is 13.0 Å². The van der Waals surface area contributed by atoms with Crippen LogP contribution in [-0.2, 0) is 11.3 Å². The van der Waals surface area contributed by atoms with Crippen LogP contribution in [0.2, 0.25) is 0 Å². The van der Waals surface area contributed by atoms with E-state index in [0.29, 0.717) is 31.7 Å². The highest BCUT2D eigenvalue weighted by atomic mass is 16.4. The Kier molecular flexibility index (Phi) is 4.49. The molecule has 0 spiro atoms. The van der Waals surface area contributed by atoms with Gasteiger partial charge < -0.3 is 15.2 Å². The van der Waals surface area contributed by atoms with Crippen molar-refractivity contribution >= 4 is 22.8 Å². The Bertz CT molecular complexity index is 811. The lowest BCUT2D eigenvalue weighted by atomic mass is 10.3. The van der Waals surface area contributed by atoms with Crippen molar-refractivity contribution in [1.29, 1.82) is 0 Å². The molecule has 3 aromatic rings. The number of aromatic nitrogens is 5. The van der Waals surface area contributed by atoms with Gasteiger partial charge in [0.1, 0.15) is 11.8 Å². The first-order chi connectivity index (χ1) is 11.2. The van der Waals surface area contributed by atoms with Crippen molar-refractivity contribution < 1.29 is 15.0 Å². The summed E-state index contributed by atoms with van der Waals surface area (Å²) in [4.78, 5) is 28.4. The van der Waals surface area contributed by atoms with Crippen LogP contribution in [0.1, 0.15) is 18.5 Å². The van der Waals surface area contributed by atoms with E-state index >= 15 is 0 Å². The van der Waals surface area contributed by atoms with Gasteiger partial charge in [0.2, 0.25) is 0 Å². The number of carboxylic acids is 1. The number of nitrogens with one attached hydrogen (secondary N) is 1. The van der Waals surface area contributed by atoms with Crippen molar-refractivity contribution in [3.63, 3.8) is 0 Å². The van der Waals surface area contributed by atoms with Crippen molar-refractivity contribution in [2.24, 2.45) is 0 Å². The fraction of sp³-hybridized carbons (Fsp3) is 0.429. The summed E-state index contributed by atoms with van der Waals surface area (Å²) in [7, 11) is 0. The number of aromatic amines is 1. The summed E-state index contributed by atoms with van der Waals surface area (Å²) >= 11 is 0. The molecule has 3 N–H and O–H groups in total. The number of hydrogen-bond acceptors (Lipinski definition) is 6. The Morgan fingerprint density at radius 1 is 1.30 bits per heavy atom. The highest BCUT2D eigenvalue weighted by Gasteiger charge is 2.13. The average Bonchev–Trinajstić information content (AvgIpc) is 3.13. The predicted octanol–water partition coefficient (Wildman–Crippen LogP) is 0.265. The zero-order valence-electron chi connectivity index (χ0n) is 12.5. The molecule has 0 saturated carbocycles. The van der Waals surface area contributed by atoms with Gasteiger partial charge in [0.25, 0.3) is 0 Å². The van der Waals surface area contributed by atoms with E-state index in [4.69, 9.17) is 5.11 Å². The zero-order chi connectivity index (χ0) is 16.2. The maximum atomic E-state index is 10.6. The number of nitrogens with zero attached hydrogens (tertiary/aromatic N) is 5. The van der Waals surface area contributed by atoms with E-state index in [1.54, 1.807) is 18.9 Å². The van der Waals surface area contributed by atoms with Gasteiger partial charge >= 0.3 is 5.97 Å². The molecule has 3 aromatic heterocycles. The summed E-state index contributed by atoms with van der Waals surface area (Å²) in [6.45, 7) is 1.65. The molecular formula is C14H18N6O3. The van der Waals surface area contributed by atoms with Gasteiger partial charge in [0.05, 0.1) is 24.8 Å². The van der Waals surface area contributed by atoms with Crippen molar-refractivity contribution in [3.05, 3.63) is 24.5 Å². The second-order valence-corrected chi connectivity index (χ2v) is 5.29. The highest BCUT2D eigenvalue weighted by Crippen LogP contribution is 2.15. The molecular weight excluding hydrogens is 300 g/mol. The number of aliphatic carboxylic acids is 1. The fourth-order valence-electron chi connectivity index (χ4n) is 2.58. The van der Waals surface area contributed by atoms with Gasteiger partial charge in [-0.1, -0.05) is 0 Å². The number of carboxylic acid groups (broad SMARTS) is 1. The maximum Gasteiger partial charge on any atom is 0.303 e. The minimum absolute atomic E-state index is 0.0207. The molecule has 0 saturated heterocycles. The van der Waals surface area contributed by atoms with Crippen LogP contribution in [0.3, 0.4) is 0 Å². The standard InChI is InChI=1S/C14H18N6O3/c21-5-4-19(3-1-2-11(22)23)7-10-6-15-14-12-13(17-8-16-12)18-9-20(10)14/h6,8-9,21H,1-5,7H2,(H,16,17)(H,22,23). The quantitative estimate of drug-likeness (QED) is 0.545. The summed E-state index contributed by atoms with van der Waals surface area (Å²) in [5.41, 5.74) is 3.06. The van der Waals surface area contributed by atoms with Crippen LogP contribution in [0.15, 0.2) is 18.9 Å². The molecule has 23 heavy (non-hydrogen) atoms. The van der Waals surface area contributed by atoms with Gasteiger partial charge in [0, 0.05) is 19.5 Å². The van der Waals surface area contributed by atoms with Crippen LogP contribution in [0.25, 0.3) is 16.8 Å². The lowest BCUT2D eigenvalue weighted by molar-refractivity contribution is -0.137. The number of carbonyl (C=O) groups is 1. The first-order valence-electron chi connectivity index (χ1n) is 7.38. The van der Waals surface area contributed by atoms with Crippen molar-refractivity contribution in [2.45, 2.75) is 19.4 Å². The number of imidazole rings is 2. The van der Waals surface area contributed by atoms with E-state index in [2.05, 4.69) is 19.9 Å². The van der Waals surface area contributed by atoms with Crippen LogP contribution in [0.5, 0.6) is 0 Å². The summed E-state index contributed by atoms with van der Waals surface area (Å²) in [5, 5.41) is 17.9. The molecule has 0 aliphatic carbocycles. The number of fused-ring (bicyclic) bond motifs is 3. The monoisotopic (exact) mass is 318 g/mol. The van der Waals surface area contributed by atoms with Gasteiger partial charge in [0.15, 0.2) is 11.3 Å². The minimum Gasteiger partial charge on any atom is -0.481 e. The van der Waals surface area contributed by atoms with Crippen LogP contribution < -0.4 is 0 Å². The molecule has 0 aliphatic rings. The van der Waals surface area contributed by atoms with Crippen LogP contribution in [0, 0.1) is 0 Å². The van der Waals surface area contributed by atoms with Crippen LogP contribution in [-0.4, -0.2) is 65.1 Å². The lowest BCUT2D eigenvalue weighted by Gasteiger charge is -2.20. The van der Waals surface area contributed by atoms with E-state index < -0.39 is 5.97 Å². The number of aliphatic hydroxyl groups excluding tert-OH is 1. The molecule has 122 valence electrons. The summed E-state index contributed by atoms with van der Waals surface area (Å²) in [6, 6.07) is 0. The van der Waals surface area contributed by atoms with Gasteiger partial charge in [-0.05, 0) is 13.0 Å². The molecule has 0 amide bonds. The van der Waals surface area contributed by atoms with E-state index in [1.165, 1.54) is 0 Å². The minimum atomic E-state index is -0.811. The Morgan fingerprint density at radius 2 is 2.17 bits per heavy atom. The third kappa shape index (κ3) is 3.30. The molecule has 0 unspecified atom stereocenters. The number of rotatable bonds is 8. The first kappa shape index (κ1) is 15.4. The Labute approximate surface area is 131 Å². The molecule has 0 aromatic carbocycles. The first-order valence-corrected chi connectivity index (χ1v) is 7.38. The largest absolute Gasteiger partial charge is 0.481 e.